The van der Waals surface area contributed by atoms with E-state index in [1.54, 1.807) is 23.1 Å². The Hall–Kier alpha value is -3.31. The Kier molecular flexibility index (Phi) is 6.65. The summed E-state index contributed by atoms with van der Waals surface area (Å²) in [6.07, 6.45) is 0. The minimum Gasteiger partial charge on any atom is -0.490 e. The summed E-state index contributed by atoms with van der Waals surface area (Å²) in [5.41, 5.74) is 2.25. The predicted molar refractivity (Wildman–Crippen MR) is 109 cm³/mol. The fourth-order valence-electron chi connectivity index (χ4n) is 2.83. The highest BCUT2D eigenvalue weighted by Crippen LogP contribution is 2.30. The van der Waals surface area contributed by atoms with Crippen LogP contribution in [0.5, 0.6) is 11.5 Å². The molecule has 0 saturated carbocycles. The Balaban J connectivity index is 1.82. The van der Waals surface area contributed by atoms with Gasteiger partial charge in [0.1, 0.15) is 0 Å². The summed E-state index contributed by atoms with van der Waals surface area (Å²) in [4.78, 5) is 14.7. The Morgan fingerprint density at radius 2 is 1.46 bits per heavy atom. The maximum Gasteiger partial charge on any atom is 0.269 e. The van der Waals surface area contributed by atoms with Crippen LogP contribution in [0.4, 0.5) is 11.4 Å². The van der Waals surface area contributed by atoms with Gasteiger partial charge in [-0.2, -0.15) is 0 Å². The number of aliphatic hydroxyl groups excluding tert-OH is 1. The van der Waals surface area contributed by atoms with E-state index in [4.69, 9.17) is 9.47 Å². The van der Waals surface area contributed by atoms with Crippen LogP contribution in [0.3, 0.4) is 0 Å². The van der Waals surface area contributed by atoms with Crippen LogP contribution in [0.2, 0.25) is 0 Å². The number of hydrogen-bond acceptors (Lipinski definition) is 4. The lowest BCUT2D eigenvalue weighted by atomic mass is 10.2. The molecule has 0 spiro atoms. The Bertz CT molecular complexity index is 857. The van der Waals surface area contributed by atoms with Crippen molar-refractivity contribution in [1.29, 1.82) is 0 Å². The van der Waals surface area contributed by atoms with Crippen LogP contribution < -0.4 is 14.4 Å². The van der Waals surface area contributed by atoms with Gasteiger partial charge >= 0.3 is 0 Å². The summed E-state index contributed by atoms with van der Waals surface area (Å²) in [5, 5.41) is 9.31. The molecule has 0 saturated heterocycles. The first-order valence-corrected chi connectivity index (χ1v) is 9.15. The number of ether oxygens (including phenoxy) is 2. The Morgan fingerprint density at radius 3 is 2.00 bits per heavy atom. The van der Waals surface area contributed by atoms with Crippen LogP contribution >= 0.6 is 0 Å². The molecule has 1 N–H and O–H groups in total. The van der Waals surface area contributed by atoms with E-state index in [1.165, 1.54) is 0 Å². The standard InChI is InChI=1S/C23H23NO4/c1-2-27-22-15-18(16-25)13-14-21(22)28-17-23(26)24(19-9-5-3-6-10-19)20-11-7-4-8-12-20/h3-15,25H,2,16-17H2,1H3. The van der Waals surface area contributed by atoms with Gasteiger partial charge in [0, 0.05) is 11.4 Å². The topological polar surface area (TPSA) is 59.0 Å². The summed E-state index contributed by atoms with van der Waals surface area (Å²) >= 11 is 0. The van der Waals surface area contributed by atoms with E-state index >= 15 is 0 Å². The number of para-hydroxylation sites is 2. The molecular formula is C23H23NO4. The molecule has 0 atom stereocenters. The first kappa shape index (κ1) is 19.5. The van der Waals surface area contributed by atoms with Gasteiger partial charge in [-0.25, -0.2) is 0 Å². The van der Waals surface area contributed by atoms with E-state index in [1.807, 2.05) is 67.6 Å². The average molecular weight is 377 g/mol. The number of anilines is 2. The molecule has 0 aliphatic heterocycles. The van der Waals surface area contributed by atoms with Crippen molar-refractivity contribution in [2.75, 3.05) is 18.1 Å². The normalized spacial score (nSPS) is 10.4. The fraction of sp³-hybridized carbons (Fsp3) is 0.174. The second-order valence-corrected chi connectivity index (χ2v) is 6.06. The van der Waals surface area contributed by atoms with E-state index in [-0.39, 0.29) is 19.1 Å². The minimum absolute atomic E-state index is 0.0882. The number of benzene rings is 3. The van der Waals surface area contributed by atoms with Crippen molar-refractivity contribution in [3.05, 3.63) is 84.4 Å². The zero-order valence-electron chi connectivity index (χ0n) is 15.7. The first-order valence-electron chi connectivity index (χ1n) is 9.15. The molecule has 3 rings (SSSR count). The molecule has 0 bridgehead atoms. The minimum atomic E-state index is -0.203. The van der Waals surface area contributed by atoms with E-state index in [0.717, 1.165) is 16.9 Å². The highest BCUT2D eigenvalue weighted by Gasteiger charge is 2.19. The molecule has 0 radical (unpaired) electrons. The van der Waals surface area contributed by atoms with E-state index in [9.17, 15) is 9.90 Å². The predicted octanol–water partition coefficient (Wildman–Crippen LogP) is 4.32. The highest BCUT2D eigenvalue weighted by atomic mass is 16.5. The third-order valence-corrected chi connectivity index (χ3v) is 4.12. The van der Waals surface area contributed by atoms with Crippen molar-refractivity contribution in [3.8, 4) is 11.5 Å². The van der Waals surface area contributed by atoms with Crippen molar-refractivity contribution in [2.24, 2.45) is 0 Å². The maximum atomic E-state index is 13.0. The van der Waals surface area contributed by atoms with Gasteiger partial charge in [-0.15, -0.1) is 0 Å². The van der Waals surface area contributed by atoms with Crippen LogP contribution in [0, 0.1) is 0 Å². The lowest BCUT2D eigenvalue weighted by molar-refractivity contribution is -0.119. The van der Waals surface area contributed by atoms with Gasteiger partial charge in [-0.3, -0.25) is 9.69 Å². The molecular weight excluding hydrogens is 354 g/mol. The van der Waals surface area contributed by atoms with Gasteiger partial charge in [0.2, 0.25) is 0 Å². The first-order chi connectivity index (χ1) is 13.7. The van der Waals surface area contributed by atoms with Gasteiger partial charge < -0.3 is 14.6 Å². The van der Waals surface area contributed by atoms with Gasteiger partial charge in [0.15, 0.2) is 18.1 Å². The molecule has 28 heavy (non-hydrogen) atoms. The Labute approximate surface area is 164 Å². The monoisotopic (exact) mass is 377 g/mol. The lowest BCUT2D eigenvalue weighted by Crippen LogP contribution is -2.31. The molecule has 1 amide bonds. The molecule has 0 aliphatic rings. The number of hydrogen-bond donors (Lipinski definition) is 1. The summed E-state index contributed by atoms with van der Waals surface area (Å²) in [5.74, 6) is 0.771. The molecule has 3 aromatic rings. The van der Waals surface area contributed by atoms with E-state index in [0.29, 0.717) is 18.1 Å². The van der Waals surface area contributed by atoms with Gasteiger partial charge in [0.25, 0.3) is 5.91 Å². The lowest BCUT2D eigenvalue weighted by Gasteiger charge is -2.23. The summed E-state index contributed by atoms with van der Waals surface area (Å²) in [7, 11) is 0. The number of carbonyl (C=O) groups is 1. The van der Waals surface area contributed by atoms with Gasteiger partial charge in [-0.1, -0.05) is 42.5 Å². The molecule has 5 nitrogen and oxygen atoms in total. The van der Waals surface area contributed by atoms with Crippen molar-refractivity contribution in [1.82, 2.24) is 0 Å². The van der Waals surface area contributed by atoms with E-state index in [2.05, 4.69) is 0 Å². The fourth-order valence-corrected chi connectivity index (χ4v) is 2.83. The van der Waals surface area contributed by atoms with Crippen molar-refractivity contribution in [3.63, 3.8) is 0 Å². The largest absolute Gasteiger partial charge is 0.490 e. The number of amides is 1. The molecule has 0 heterocycles. The van der Waals surface area contributed by atoms with Crippen LogP contribution in [0.1, 0.15) is 12.5 Å². The van der Waals surface area contributed by atoms with Crippen molar-refractivity contribution >= 4 is 17.3 Å². The molecule has 0 fully saturated rings. The molecule has 144 valence electrons. The van der Waals surface area contributed by atoms with Crippen molar-refractivity contribution < 1.29 is 19.4 Å². The highest BCUT2D eigenvalue weighted by molar-refractivity contribution is 6.01. The zero-order valence-corrected chi connectivity index (χ0v) is 15.7. The number of aliphatic hydroxyl groups is 1. The van der Waals surface area contributed by atoms with Crippen molar-refractivity contribution in [2.45, 2.75) is 13.5 Å². The summed E-state index contributed by atoms with van der Waals surface area (Å²) in [6.45, 7) is 2.09. The SMILES string of the molecule is CCOc1cc(CO)ccc1OCC(=O)N(c1ccccc1)c1ccccc1. The van der Waals surface area contributed by atoms with Crippen LogP contribution in [-0.4, -0.2) is 24.2 Å². The molecule has 0 unspecified atom stereocenters. The third kappa shape index (κ3) is 4.69. The quantitative estimate of drug-likeness (QED) is 0.635. The maximum absolute atomic E-state index is 13.0. The Morgan fingerprint density at radius 1 is 0.857 bits per heavy atom. The smallest absolute Gasteiger partial charge is 0.269 e. The number of carbonyl (C=O) groups excluding carboxylic acids is 1. The van der Waals surface area contributed by atoms with Crippen LogP contribution in [0.25, 0.3) is 0 Å². The van der Waals surface area contributed by atoms with Crippen LogP contribution in [0.15, 0.2) is 78.9 Å². The summed E-state index contributed by atoms with van der Waals surface area (Å²) in [6, 6.07) is 24.1. The van der Waals surface area contributed by atoms with Gasteiger partial charge in [0.05, 0.1) is 13.2 Å². The second-order valence-electron chi connectivity index (χ2n) is 6.06. The summed E-state index contributed by atoms with van der Waals surface area (Å²) < 4.78 is 11.4. The second kappa shape index (κ2) is 9.58. The number of rotatable bonds is 8. The third-order valence-electron chi connectivity index (χ3n) is 4.12. The molecule has 5 heteroatoms. The average Bonchev–Trinajstić information content (AvgIpc) is 2.75. The zero-order chi connectivity index (χ0) is 19.8. The molecule has 0 aromatic heterocycles. The number of nitrogens with zero attached hydrogens (tertiary/aromatic N) is 1. The van der Waals surface area contributed by atoms with Crippen LogP contribution in [-0.2, 0) is 11.4 Å². The van der Waals surface area contributed by atoms with Gasteiger partial charge in [-0.05, 0) is 48.9 Å². The molecule has 3 aromatic carbocycles. The van der Waals surface area contributed by atoms with E-state index < -0.39 is 0 Å². The molecule has 0 aliphatic carbocycles.